The van der Waals surface area contributed by atoms with Gasteiger partial charge in [-0.25, -0.2) is 0 Å². The van der Waals surface area contributed by atoms with Crippen LogP contribution >= 0.6 is 0 Å². The fourth-order valence-electron chi connectivity index (χ4n) is 2.27. The summed E-state index contributed by atoms with van der Waals surface area (Å²) in [6.07, 6.45) is 0.860. The highest BCUT2D eigenvalue weighted by Gasteiger charge is 2.25. The van der Waals surface area contributed by atoms with E-state index in [1.807, 2.05) is 13.1 Å². The summed E-state index contributed by atoms with van der Waals surface area (Å²) in [5.41, 5.74) is 2.01. The van der Waals surface area contributed by atoms with Crippen molar-refractivity contribution in [3.63, 3.8) is 0 Å². The minimum absolute atomic E-state index is 0.155. The van der Waals surface area contributed by atoms with Crippen LogP contribution in [0.3, 0.4) is 0 Å². The third kappa shape index (κ3) is 3.17. The lowest BCUT2D eigenvalue weighted by Crippen LogP contribution is -2.30. The average Bonchev–Trinajstić information content (AvgIpc) is 2.78. The van der Waals surface area contributed by atoms with Gasteiger partial charge in [0.2, 0.25) is 0 Å². The summed E-state index contributed by atoms with van der Waals surface area (Å²) in [5.74, 6) is 0.966. The van der Waals surface area contributed by atoms with Gasteiger partial charge in [0.15, 0.2) is 0 Å². The lowest BCUT2D eigenvalue weighted by atomic mass is 9.97. The summed E-state index contributed by atoms with van der Waals surface area (Å²) in [4.78, 5) is 0. The number of methoxy groups -OCH3 is 1. The van der Waals surface area contributed by atoms with Crippen LogP contribution in [0.5, 0.6) is 0 Å². The van der Waals surface area contributed by atoms with Gasteiger partial charge in [-0.15, -0.1) is 0 Å². The van der Waals surface area contributed by atoms with Crippen molar-refractivity contribution < 1.29 is 9.15 Å². The topological polar surface area (TPSA) is 34.4 Å². The predicted molar refractivity (Wildman–Crippen MR) is 78.5 cm³/mol. The van der Waals surface area contributed by atoms with Crippen molar-refractivity contribution in [2.24, 2.45) is 0 Å². The highest BCUT2D eigenvalue weighted by Crippen LogP contribution is 2.30. The number of aryl methyl sites for hydroxylation is 1. The number of ether oxygens (including phenoxy) is 1. The molecule has 0 aliphatic carbocycles. The van der Waals surface area contributed by atoms with Crippen LogP contribution in [0.15, 0.2) is 28.7 Å². The first kappa shape index (κ1) is 14.1. The number of furan rings is 1. The van der Waals surface area contributed by atoms with Gasteiger partial charge in [0, 0.05) is 12.5 Å². The van der Waals surface area contributed by atoms with Crippen molar-refractivity contribution in [2.75, 3.05) is 14.2 Å². The molecular weight excluding hydrogens is 238 g/mol. The molecule has 1 unspecified atom stereocenters. The summed E-state index contributed by atoms with van der Waals surface area (Å²) >= 11 is 0. The van der Waals surface area contributed by atoms with Gasteiger partial charge in [-0.1, -0.05) is 11.6 Å². The quantitative estimate of drug-likeness (QED) is 0.888. The third-order valence-electron chi connectivity index (χ3n) is 3.63. The van der Waals surface area contributed by atoms with E-state index in [4.69, 9.17) is 9.15 Å². The summed E-state index contributed by atoms with van der Waals surface area (Å²) < 4.78 is 11.5. The van der Waals surface area contributed by atoms with Crippen LogP contribution in [-0.2, 0) is 4.74 Å². The van der Waals surface area contributed by atoms with Crippen LogP contribution in [0, 0.1) is 6.92 Å². The molecule has 104 valence electrons. The molecule has 0 aliphatic heterocycles. The predicted octanol–water partition coefficient (Wildman–Crippen LogP) is 3.82. The van der Waals surface area contributed by atoms with E-state index < -0.39 is 0 Å². The molecule has 3 nitrogen and oxygen atoms in total. The third-order valence-corrected chi connectivity index (χ3v) is 3.63. The number of rotatable bonds is 5. The van der Waals surface area contributed by atoms with E-state index in [-0.39, 0.29) is 11.6 Å². The highest BCUT2D eigenvalue weighted by atomic mass is 16.5. The normalized spacial score (nSPS) is 13.9. The Morgan fingerprint density at radius 2 is 2.05 bits per heavy atom. The van der Waals surface area contributed by atoms with Gasteiger partial charge in [-0.2, -0.15) is 0 Å². The summed E-state index contributed by atoms with van der Waals surface area (Å²) in [6.45, 7) is 6.27. The molecule has 2 aromatic rings. The molecule has 19 heavy (non-hydrogen) atoms. The molecule has 0 amide bonds. The molecule has 1 atom stereocenters. The minimum Gasteiger partial charge on any atom is -0.459 e. The zero-order valence-electron chi connectivity index (χ0n) is 12.4. The first-order chi connectivity index (χ1) is 8.95. The lowest BCUT2D eigenvalue weighted by Gasteiger charge is -2.27. The van der Waals surface area contributed by atoms with Crippen LogP contribution in [0.2, 0.25) is 0 Å². The maximum atomic E-state index is 5.95. The van der Waals surface area contributed by atoms with Crippen LogP contribution in [0.4, 0.5) is 0 Å². The van der Waals surface area contributed by atoms with Gasteiger partial charge in [0.25, 0.3) is 0 Å². The van der Waals surface area contributed by atoms with Crippen LogP contribution in [0.1, 0.15) is 37.6 Å². The van der Waals surface area contributed by atoms with Gasteiger partial charge in [-0.05, 0) is 52.4 Å². The van der Waals surface area contributed by atoms with Crippen LogP contribution < -0.4 is 5.32 Å². The first-order valence-corrected chi connectivity index (χ1v) is 6.68. The number of fused-ring (bicyclic) bond motifs is 1. The van der Waals surface area contributed by atoms with Crippen molar-refractivity contribution >= 4 is 11.0 Å². The molecule has 1 heterocycles. The molecule has 0 aliphatic rings. The zero-order valence-corrected chi connectivity index (χ0v) is 12.4. The lowest BCUT2D eigenvalue weighted by molar-refractivity contribution is 0.00581. The van der Waals surface area contributed by atoms with Gasteiger partial charge >= 0.3 is 0 Å². The van der Waals surface area contributed by atoms with Crippen molar-refractivity contribution in [1.29, 1.82) is 0 Å². The number of benzene rings is 1. The van der Waals surface area contributed by atoms with Gasteiger partial charge in [0.1, 0.15) is 11.3 Å². The van der Waals surface area contributed by atoms with Gasteiger partial charge in [0.05, 0.1) is 11.6 Å². The van der Waals surface area contributed by atoms with Gasteiger partial charge in [-0.3, -0.25) is 0 Å². The van der Waals surface area contributed by atoms with Crippen molar-refractivity contribution in [1.82, 2.24) is 5.32 Å². The Morgan fingerprint density at radius 3 is 2.68 bits per heavy atom. The highest BCUT2D eigenvalue weighted by molar-refractivity contribution is 5.78. The van der Waals surface area contributed by atoms with Crippen molar-refractivity contribution in [2.45, 2.75) is 38.8 Å². The monoisotopic (exact) mass is 261 g/mol. The molecule has 0 spiro atoms. The molecule has 0 fully saturated rings. The Labute approximate surface area is 114 Å². The molecule has 1 aromatic carbocycles. The molecule has 0 bridgehead atoms. The molecule has 2 rings (SSSR count). The molecule has 0 radical (unpaired) electrons. The summed E-state index contributed by atoms with van der Waals surface area (Å²) in [7, 11) is 3.70. The fraction of sp³-hybridized carbons (Fsp3) is 0.500. The Kier molecular flexibility index (Phi) is 3.97. The number of hydrogen-bond donors (Lipinski definition) is 1. The van der Waals surface area contributed by atoms with Crippen LogP contribution in [0.25, 0.3) is 11.0 Å². The maximum Gasteiger partial charge on any atom is 0.134 e. The number of hydrogen-bond acceptors (Lipinski definition) is 3. The molecule has 1 N–H and O–H groups in total. The van der Waals surface area contributed by atoms with E-state index in [0.29, 0.717) is 0 Å². The second kappa shape index (κ2) is 5.35. The summed E-state index contributed by atoms with van der Waals surface area (Å²) in [6, 6.07) is 8.53. The fourth-order valence-corrected chi connectivity index (χ4v) is 2.27. The second-order valence-corrected chi connectivity index (χ2v) is 5.70. The van der Waals surface area contributed by atoms with Crippen molar-refractivity contribution in [3.05, 3.63) is 35.6 Å². The van der Waals surface area contributed by atoms with E-state index in [1.165, 1.54) is 5.56 Å². The molecular formula is C16H23NO2. The SMILES string of the molecule is CNC(CC(C)(C)OC)c1cc2cc(C)ccc2o1. The Morgan fingerprint density at radius 1 is 1.32 bits per heavy atom. The Bertz CT molecular complexity index is 557. The smallest absolute Gasteiger partial charge is 0.134 e. The maximum absolute atomic E-state index is 5.95. The van der Waals surface area contributed by atoms with E-state index in [9.17, 15) is 0 Å². The minimum atomic E-state index is -0.178. The van der Waals surface area contributed by atoms with Crippen LogP contribution in [-0.4, -0.2) is 19.8 Å². The van der Waals surface area contributed by atoms with E-state index in [2.05, 4.69) is 44.3 Å². The van der Waals surface area contributed by atoms with E-state index in [1.54, 1.807) is 7.11 Å². The number of nitrogens with one attached hydrogen (secondary N) is 1. The standard InChI is InChI=1S/C16H23NO2/c1-11-6-7-14-12(8-11)9-15(19-14)13(17-4)10-16(2,3)18-5/h6-9,13,17H,10H2,1-5H3. The molecule has 0 saturated heterocycles. The first-order valence-electron chi connectivity index (χ1n) is 6.68. The molecule has 1 aromatic heterocycles. The zero-order chi connectivity index (χ0) is 14.0. The van der Waals surface area contributed by atoms with E-state index >= 15 is 0 Å². The van der Waals surface area contributed by atoms with Gasteiger partial charge < -0.3 is 14.5 Å². The summed E-state index contributed by atoms with van der Waals surface area (Å²) in [5, 5.41) is 4.47. The van der Waals surface area contributed by atoms with E-state index in [0.717, 1.165) is 23.2 Å². The second-order valence-electron chi connectivity index (χ2n) is 5.70. The molecule has 3 heteroatoms. The molecule has 0 saturated carbocycles. The Balaban J connectivity index is 2.30. The average molecular weight is 261 g/mol. The largest absolute Gasteiger partial charge is 0.459 e. The Hall–Kier alpha value is -1.32. The van der Waals surface area contributed by atoms with Crippen molar-refractivity contribution in [3.8, 4) is 0 Å².